The second kappa shape index (κ2) is 10.9. The van der Waals surface area contributed by atoms with Crippen LogP contribution in [0.4, 0.5) is 11.4 Å². The molecular weight excluding hydrogens is 514 g/mol. The number of thiocarbonyl (C=S) groups is 1. The molecule has 2 atom stereocenters. The smallest absolute Gasteiger partial charge is 0.226 e. The summed E-state index contributed by atoms with van der Waals surface area (Å²) in [7, 11) is 0. The van der Waals surface area contributed by atoms with Gasteiger partial charge in [-0.3, -0.25) is 9.78 Å². The number of pyridine rings is 1. The van der Waals surface area contributed by atoms with Gasteiger partial charge in [0.15, 0.2) is 5.11 Å². The van der Waals surface area contributed by atoms with Crippen LogP contribution < -0.4 is 15.5 Å². The topological polar surface area (TPSA) is 62.2 Å². The van der Waals surface area contributed by atoms with Crippen LogP contribution in [0.2, 0.25) is 0 Å². The molecule has 4 aromatic rings. The second-order valence-electron chi connectivity index (χ2n) is 11.1. The van der Waals surface area contributed by atoms with Crippen molar-refractivity contribution in [3.05, 3.63) is 106 Å². The number of rotatable bonds is 6. The van der Waals surface area contributed by atoms with Gasteiger partial charge in [-0.2, -0.15) is 0 Å². The number of hydrogen-bond donors (Lipinski definition) is 2. The van der Waals surface area contributed by atoms with E-state index in [4.69, 9.17) is 17.2 Å². The number of amides is 1. The van der Waals surface area contributed by atoms with Crippen molar-refractivity contribution in [1.29, 1.82) is 0 Å². The Hall–Kier alpha value is -3.97. The Kier molecular flexibility index (Phi) is 7.51. The van der Waals surface area contributed by atoms with E-state index in [0.29, 0.717) is 5.11 Å². The summed E-state index contributed by atoms with van der Waals surface area (Å²) in [4.78, 5) is 19.3. The molecule has 1 aliphatic heterocycles. The summed E-state index contributed by atoms with van der Waals surface area (Å²) in [5, 5.41) is 7.27. The molecule has 206 valence electrons. The molecular formula is C33H37N5OS. The highest BCUT2D eigenvalue weighted by atomic mass is 32.1. The van der Waals surface area contributed by atoms with Crippen LogP contribution in [-0.4, -0.2) is 20.6 Å². The number of aromatic nitrogens is 2. The van der Waals surface area contributed by atoms with Crippen molar-refractivity contribution in [3.8, 4) is 5.69 Å². The summed E-state index contributed by atoms with van der Waals surface area (Å²) in [6.07, 6.45) is 1.83. The van der Waals surface area contributed by atoms with E-state index in [9.17, 15) is 4.79 Å². The highest BCUT2D eigenvalue weighted by Crippen LogP contribution is 2.44. The summed E-state index contributed by atoms with van der Waals surface area (Å²) in [6, 6.07) is 20.8. The van der Waals surface area contributed by atoms with Gasteiger partial charge in [0.05, 0.1) is 17.8 Å². The third-order valence-electron chi connectivity index (χ3n) is 7.62. The molecule has 6 nitrogen and oxygen atoms in total. The maximum Gasteiger partial charge on any atom is 0.226 e. The van der Waals surface area contributed by atoms with Crippen LogP contribution in [0.1, 0.15) is 65.3 Å². The maximum absolute atomic E-state index is 12.4. The molecule has 3 heterocycles. The largest absolute Gasteiger partial charge is 0.351 e. The summed E-state index contributed by atoms with van der Waals surface area (Å²) in [5.41, 5.74) is 10.9. The van der Waals surface area contributed by atoms with Gasteiger partial charge < -0.3 is 20.1 Å². The number of carbonyl (C=O) groups is 1. The van der Waals surface area contributed by atoms with Crippen LogP contribution in [0.3, 0.4) is 0 Å². The number of anilines is 2. The Balaban J connectivity index is 1.63. The van der Waals surface area contributed by atoms with Crippen LogP contribution >= 0.6 is 12.2 Å². The van der Waals surface area contributed by atoms with Crippen molar-refractivity contribution >= 4 is 34.6 Å². The first-order valence-electron chi connectivity index (χ1n) is 13.7. The maximum atomic E-state index is 12.4. The molecule has 0 bridgehead atoms. The highest BCUT2D eigenvalue weighted by Gasteiger charge is 2.42. The zero-order chi connectivity index (χ0) is 28.7. The van der Waals surface area contributed by atoms with E-state index in [2.05, 4.69) is 84.2 Å². The predicted octanol–water partition coefficient (Wildman–Crippen LogP) is 7.19. The van der Waals surface area contributed by atoms with Crippen molar-refractivity contribution in [3.63, 3.8) is 0 Å². The fourth-order valence-corrected chi connectivity index (χ4v) is 6.07. The number of benzene rings is 2. The van der Waals surface area contributed by atoms with E-state index in [-0.39, 0.29) is 23.9 Å². The van der Waals surface area contributed by atoms with E-state index in [0.717, 1.165) is 34.0 Å². The van der Waals surface area contributed by atoms with E-state index in [1.165, 1.54) is 22.4 Å². The molecule has 0 saturated carbocycles. The average molecular weight is 552 g/mol. The van der Waals surface area contributed by atoms with E-state index >= 15 is 0 Å². The molecule has 0 spiro atoms. The molecule has 0 unspecified atom stereocenters. The summed E-state index contributed by atoms with van der Waals surface area (Å²) in [5.74, 6) is -0.0912. The zero-order valence-electron chi connectivity index (χ0n) is 24.2. The number of nitrogens with zero attached hydrogens (tertiary/aromatic N) is 3. The monoisotopic (exact) mass is 551 g/mol. The Labute approximate surface area is 242 Å². The third kappa shape index (κ3) is 5.13. The molecule has 1 saturated heterocycles. The number of carbonyl (C=O) groups excluding carboxylic acids is 1. The molecule has 0 radical (unpaired) electrons. The molecule has 1 amide bonds. The summed E-state index contributed by atoms with van der Waals surface area (Å²) < 4.78 is 2.33. The molecule has 1 aliphatic rings. The molecule has 2 aromatic heterocycles. The van der Waals surface area contributed by atoms with E-state index in [1.54, 1.807) is 0 Å². The van der Waals surface area contributed by atoms with Crippen LogP contribution in [0, 0.1) is 40.5 Å². The van der Waals surface area contributed by atoms with Crippen molar-refractivity contribution in [2.75, 3.05) is 10.2 Å². The first kappa shape index (κ1) is 27.6. The summed E-state index contributed by atoms with van der Waals surface area (Å²) >= 11 is 5.98. The van der Waals surface area contributed by atoms with Crippen LogP contribution in [0.25, 0.3) is 5.69 Å². The molecule has 1 fully saturated rings. The normalized spacial score (nSPS) is 16.9. The number of hydrogen-bond acceptors (Lipinski definition) is 3. The SMILES string of the molecule is Cc1cc(C)cc(-n2c(C)cc([C@H]3[C@H](c4ccccn4)NC(=S)N3c3ccc(NC(=O)C(C)C)c(C)c3)c2C)c1. The van der Waals surface area contributed by atoms with Crippen molar-refractivity contribution in [2.24, 2.45) is 5.92 Å². The fourth-order valence-electron chi connectivity index (χ4n) is 5.73. The lowest BCUT2D eigenvalue weighted by Crippen LogP contribution is -2.29. The average Bonchev–Trinajstić information content (AvgIpc) is 3.39. The first-order chi connectivity index (χ1) is 19.0. The molecule has 2 N–H and O–H groups in total. The lowest BCUT2D eigenvalue weighted by molar-refractivity contribution is -0.118. The van der Waals surface area contributed by atoms with Crippen LogP contribution in [-0.2, 0) is 4.79 Å². The van der Waals surface area contributed by atoms with Gasteiger partial charge in [-0.15, -0.1) is 0 Å². The first-order valence-corrected chi connectivity index (χ1v) is 14.2. The van der Waals surface area contributed by atoms with Gasteiger partial charge in [-0.05, 0) is 118 Å². The van der Waals surface area contributed by atoms with Crippen LogP contribution in [0.15, 0.2) is 66.9 Å². The number of aryl methyl sites for hydroxylation is 4. The van der Waals surface area contributed by atoms with Gasteiger partial charge in [0.2, 0.25) is 5.91 Å². The third-order valence-corrected chi connectivity index (χ3v) is 7.94. The Morgan fingerprint density at radius 3 is 2.30 bits per heavy atom. The van der Waals surface area contributed by atoms with Crippen molar-refractivity contribution in [1.82, 2.24) is 14.9 Å². The predicted molar refractivity (Wildman–Crippen MR) is 167 cm³/mol. The van der Waals surface area contributed by atoms with Crippen molar-refractivity contribution < 1.29 is 4.79 Å². The van der Waals surface area contributed by atoms with Gasteiger partial charge in [-0.25, -0.2) is 0 Å². The Bertz CT molecular complexity index is 1570. The van der Waals surface area contributed by atoms with Gasteiger partial charge in [0.25, 0.3) is 0 Å². The lowest BCUT2D eigenvalue weighted by Gasteiger charge is -2.29. The minimum Gasteiger partial charge on any atom is -0.351 e. The lowest BCUT2D eigenvalue weighted by atomic mass is 9.96. The van der Waals surface area contributed by atoms with Crippen molar-refractivity contribution in [2.45, 2.75) is 60.5 Å². The standard InChI is InChI=1S/C33H37N5OS/c1-19(2)32(39)35-28-12-11-25(17-22(28)5)38-31(30(36-33(38)40)29-10-8-9-13-34-29)27-18-23(6)37(24(27)7)26-15-20(3)14-21(4)16-26/h8-19,30-31H,1-7H3,(H,35,39)(H,36,40)/t30-,31-/m0/s1. The molecule has 40 heavy (non-hydrogen) atoms. The summed E-state index contributed by atoms with van der Waals surface area (Å²) in [6.45, 7) is 14.4. The minimum absolute atomic E-state index is 0.00104. The minimum atomic E-state index is -0.137. The van der Waals surface area contributed by atoms with Gasteiger partial charge >= 0.3 is 0 Å². The molecule has 0 aliphatic carbocycles. The Morgan fingerprint density at radius 1 is 0.950 bits per heavy atom. The number of nitrogens with one attached hydrogen (secondary N) is 2. The zero-order valence-corrected chi connectivity index (χ0v) is 25.1. The van der Waals surface area contributed by atoms with Gasteiger partial charge in [0.1, 0.15) is 0 Å². The highest BCUT2D eigenvalue weighted by molar-refractivity contribution is 7.80. The fraction of sp³-hybridized carbons (Fsp3) is 0.303. The van der Waals surface area contributed by atoms with Gasteiger partial charge in [-0.1, -0.05) is 26.0 Å². The van der Waals surface area contributed by atoms with Crippen LogP contribution in [0.5, 0.6) is 0 Å². The van der Waals surface area contributed by atoms with E-state index < -0.39 is 0 Å². The van der Waals surface area contributed by atoms with Gasteiger partial charge in [0, 0.05) is 40.6 Å². The Morgan fingerprint density at radius 2 is 1.68 bits per heavy atom. The molecule has 2 aromatic carbocycles. The quantitative estimate of drug-likeness (QED) is 0.249. The van der Waals surface area contributed by atoms with E-state index in [1.807, 2.05) is 51.2 Å². The second-order valence-corrected chi connectivity index (χ2v) is 11.5. The molecule has 7 heteroatoms. The molecule has 5 rings (SSSR count).